The molecule has 2 heterocycles. The molecular weight excluding hydrogens is 340 g/mol. The molecule has 2 N–H and O–H groups in total. The molecule has 0 amide bonds. The summed E-state index contributed by atoms with van der Waals surface area (Å²) in [7, 11) is 1.71. The van der Waals surface area contributed by atoms with Crippen LogP contribution in [0.4, 0.5) is 0 Å². The molecule has 0 bridgehead atoms. The fraction of sp³-hybridized carbons (Fsp3) is 0.222. The van der Waals surface area contributed by atoms with Gasteiger partial charge in [0.15, 0.2) is 0 Å². The second-order valence-electron chi connectivity index (χ2n) is 5.59. The fourth-order valence-corrected chi connectivity index (χ4v) is 3.82. The first-order chi connectivity index (χ1) is 10.8. The van der Waals surface area contributed by atoms with E-state index in [-0.39, 0.29) is 6.04 Å². The van der Waals surface area contributed by atoms with E-state index in [9.17, 15) is 0 Å². The molecule has 1 aliphatic rings. The molecule has 3 aromatic rings. The first-order valence-corrected chi connectivity index (χ1v) is 8.23. The van der Waals surface area contributed by atoms with Crippen molar-refractivity contribution in [1.29, 1.82) is 0 Å². The van der Waals surface area contributed by atoms with Gasteiger partial charge in [0.1, 0.15) is 5.75 Å². The van der Waals surface area contributed by atoms with Crippen LogP contribution in [-0.2, 0) is 6.42 Å². The molecule has 1 unspecified atom stereocenters. The third-order valence-electron chi connectivity index (χ3n) is 4.37. The van der Waals surface area contributed by atoms with Crippen LogP contribution in [0.25, 0.3) is 10.9 Å². The van der Waals surface area contributed by atoms with Gasteiger partial charge in [-0.25, -0.2) is 0 Å². The van der Waals surface area contributed by atoms with E-state index in [2.05, 4.69) is 56.6 Å². The number of methoxy groups -OCH3 is 1. The van der Waals surface area contributed by atoms with Crippen molar-refractivity contribution in [3.05, 3.63) is 63.8 Å². The molecule has 1 aliphatic heterocycles. The molecule has 0 saturated heterocycles. The lowest BCUT2D eigenvalue weighted by Gasteiger charge is -2.25. The summed E-state index contributed by atoms with van der Waals surface area (Å²) in [4.78, 5) is 3.60. The van der Waals surface area contributed by atoms with Gasteiger partial charge in [0.05, 0.1) is 13.2 Å². The Kier molecular flexibility index (Phi) is 3.43. The highest BCUT2D eigenvalue weighted by atomic mass is 79.9. The Morgan fingerprint density at radius 1 is 1.18 bits per heavy atom. The summed E-state index contributed by atoms with van der Waals surface area (Å²) in [5.74, 6) is 0.908. The highest BCUT2D eigenvalue weighted by molar-refractivity contribution is 9.10. The van der Waals surface area contributed by atoms with E-state index in [1.165, 1.54) is 27.7 Å². The maximum atomic E-state index is 5.38. The Balaban J connectivity index is 1.90. The first kappa shape index (κ1) is 13.9. The molecule has 2 aromatic carbocycles. The highest BCUT2D eigenvalue weighted by Gasteiger charge is 2.26. The second kappa shape index (κ2) is 5.45. The topological polar surface area (TPSA) is 37.0 Å². The number of halogens is 1. The van der Waals surface area contributed by atoms with Crippen molar-refractivity contribution < 1.29 is 4.74 Å². The largest absolute Gasteiger partial charge is 0.497 e. The van der Waals surface area contributed by atoms with Gasteiger partial charge in [0.2, 0.25) is 0 Å². The van der Waals surface area contributed by atoms with Gasteiger partial charge in [0, 0.05) is 27.6 Å². The van der Waals surface area contributed by atoms with Crippen LogP contribution in [0.1, 0.15) is 22.9 Å². The molecule has 112 valence electrons. The standard InChI is InChI=1S/C18H17BrN2O/c1-22-11-6-7-16-14(10-11)12-8-9-20-17(18(12)21-16)13-4-2-3-5-15(13)19/h2-7,10,17,20-21H,8-9H2,1H3. The van der Waals surface area contributed by atoms with Crippen molar-refractivity contribution in [2.75, 3.05) is 13.7 Å². The van der Waals surface area contributed by atoms with Crippen molar-refractivity contribution >= 4 is 26.8 Å². The monoisotopic (exact) mass is 356 g/mol. The number of H-pyrrole nitrogens is 1. The van der Waals surface area contributed by atoms with E-state index < -0.39 is 0 Å². The maximum Gasteiger partial charge on any atom is 0.119 e. The molecule has 0 fully saturated rings. The minimum Gasteiger partial charge on any atom is -0.497 e. The summed E-state index contributed by atoms with van der Waals surface area (Å²) in [5, 5.41) is 4.90. The Morgan fingerprint density at radius 2 is 2.05 bits per heavy atom. The van der Waals surface area contributed by atoms with Crippen LogP contribution in [0.5, 0.6) is 5.75 Å². The number of nitrogens with one attached hydrogen (secondary N) is 2. The minimum absolute atomic E-state index is 0.192. The Hall–Kier alpha value is -1.78. The number of ether oxygens (including phenoxy) is 1. The summed E-state index contributed by atoms with van der Waals surface area (Å²) >= 11 is 3.68. The van der Waals surface area contributed by atoms with Crippen molar-refractivity contribution in [3.8, 4) is 5.75 Å². The van der Waals surface area contributed by atoms with Gasteiger partial charge in [-0.15, -0.1) is 0 Å². The van der Waals surface area contributed by atoms with Gasteiger partial charge in [-0.2, -0.15) is 0 Å². The molecule has 0 saturated carbocycles. The summed E-state index contributed by atoms with van der Waals surface area (Å²) in [6, 6.07) is 14.8. The van der Waals surface area contributed by atoms with Crippen LogP contribution in [0, 0.1) is 0 Å². The van der Waals surface area contributed by atoms with E-state index >= 15 is 0 Å². The third-order valence-corrected chi connectivity index (χ3v) is 5.10. The molecule has 0 spiro atoms. The lowest BCUT2D eigenvalue weighted by Crippen LogP contribution is -2.30. The molecule has 4 rings (SSSR count). The highest BCUT2D eigenvalue weighted by Crippen LogP contribution is 2.36. The molecule has 1 aromatic heterocycles. The number of aromatic nitrogens is 1. The van der Waals surface area contributed by atoms with Crippen molar-refractivity contribution in [2.45, 2.75) is 12.5 Å². The predicted octanol–water partition coefficient (Wildman–Crippen LogP) is 4.17. The Morgan fingerprint density at radius 3 is 2.86 bits per heavy atom. The lowest BCUT2D eigenvalue weighted by molar-refractivity contribution is 0.415. The third kappa shape index (κ3) is 2.14. The van der Waals surface area contributed by atoms with Gasteiger partial charge in [-0.1, -0.05) is 34.1 Å². The number of fused-ring (bicyclic) bond motifs is 3. The molecular formula is C18H17BrN2O. The molecule has 4 heteroatoms. The van der Waals surface area contributed by atoms with Crippen molar-refractivity contribution in [3.63, 3.8) is 0 Å². The van der Waals surface area contributed by atoms with Gasteiger partial charge < -0.3 is 15.0 Å². The fourth-order valence-electron chi connectivity index (χ4n) is 3.31. The van der Waals surface area contributed by atoms with Crippen LogP contribution in [-0.4, -0.2) is 18.6 Å². The van der Waals surface area contributed by atoms with Gasteiger partial charge in [-0.3, -0.25) is 0 Å². The Labute approximate surface area is 137 Å². The van der Waals surface area contributed by atoms with E-state index in [0.29, 0.717) is 0 Å². The van der Waals surface area contributed by atoms with Crippen LogP contribution >= 0.6 is 15.9 Å². The average Bonchev–Trinajstić information content (AvgIpc) is 2.93. The van der Waals surface area contributed by atoms with E-state index in [1.54, 1.807) is 7.11 Å². The van der Waals surface area contributed by atoms with Gasteiger partial charge >= 0.3 is 0 Å². The average molecular weight is 357 g/mol. The summed E-state index contributed by atoms with van der Waals surface area (Å²) in [6.07, 6.45) is 1.03. The lowest BCUT2D eigenvalue weighted by atomic mass is 9.94. The molecule has 0 radical (unpaired) electrons. The molecule has 3 nitrogen and oxygen atoms in total. The number of hydrogen-bond donors (Lipinski definition) is 2. The van der Waals surface area contributed by atoms with Gasteiger partial charge in [0.25, 0.3) is 0 Å². The van der Waals surface area contributed by atoms with E-state index in [1.807, 2.05) is 12.1 Å². The van der Waals surface area contributed by atoms with Crippen LogP contribution < -0.4 is 10.1 Å². The zero-order valence-corrected chi connectivity index (χ0v) is 13.9. The minimum atomic E-state index is 0.192. The zero-order chi connectivity index (χ0) is 15.1. The summed E-state index contributed by atoms with van der Waals surface area (Å²) < 4.78 is 6.51. The number of aromatic amines is 1. The molecule has 0 aliphatic carbocycles. The quantitative estimate of drug-likeness (QED) is 0.722. The number of rotatable bonds is 2. The van der Waals surface area contributed by atoms with E-state index in [4.69, 9.17) is 4.74 Å². The Bertz CT molecular complexity index is 840. The van der Waals surface area contributed by atoms with Crippen molar-refractivity contribution in [1.82, 2.24) is 10.3 Å². The number of hydrogen-bond acceptors (Lipinski definition) is 2. The predicted molar refractivity (Wildman–Crippen MR) is 92.5 cm³/mol. The normalized spacial score (nSPS) is 17.5. The number of benzene rings is 2. The second-order valence-corrected chi connectivity index (χ2v) is 6.44. The van der Waals surface area contributed by atoms with Crippen molar-refractivity contribution in [2.24, 2.45) is 0 Å². The van der Waals surface area contributed by atoms with Crippen LogP contribution in [0.3, 0.4) is 0 Å². The van der Waals surface area contributed by atoms with E-state index in [0.717, 1.165) is 23.2 Å². The van der Waals surface area contributed by atoms with Crippen LogP contribution in [0.15, 0.2) is 46.9 Å². The van der Waals surface area contributed by atoms with Gasteiger partial charge in [-0.05, 0) is 41.8 Å². The first-order valence-electron chi connectivity index (χ1n) is 7.44. The maximum absolute atomic E-state index is 5.38. The summed E-state index contributed by atoms with van der Waals surface area (Å²) in [6.45, 7) is 0.975. The molecule has 1 atom stereocenters. The molecule has 22 heavy (non-hydrogen) atoms. The summed E-state index contributed by atoms with van der Waals surface area (Å²) in [5.41, 5.74) is 5.10. The SMILES string of the molecule is COc1ccc2[nH]c3c(c2c1)CCNC3c1ccccc1Br. The van der Waals surface area contributed by atoms with Crippen LogP contribution in [0.2, 0.25) is 0 Å². The zero-order valence-electron chi connectivity index (χ0n) is 12.3. The smallest absolute Gasteiger partial charge is 0.119 e.